The summed E-state index contributed by atoms with van der Waals surface area (Å²) in [5, 5.41) is 5.70. The molecule has 0 saturated carbocycles. The quantitative estimate of drug-likeness (QED) is 0.720. The van der Waals surface area contributed by atoms with Gasteiger partial charge in [-0.05, 0) is 42.1 Å². The van der Waals surface area contributed by atoms with Crippen molar-refractivity contribution in [1.29, 1.82) is 0 Å². The second-order valence-electron chi connectivity index (χ2n) is 5.37. The van der Waals surface area contributed by atoms with Crippen molar-refractivity contribution in [3.05, 3.63) is 51.7 Å². The Morgan fingerprint density at radius 3 is 2.78 bits per heavy atom. The number of thiophene rings is 1. The highest BCUT2D eigenvalue weighted by Crippen LogP contribution is 2.14. The second kappa shape index (κ2) is 9.55. The summed E-state index contributed by atoms with van der Waals surface area (Å²) in [4.78, 5) is 14.3. The maximum Gasteiger partial charge on any atom is 0.275 e. The highest BCUT2D eigenvalue weighted by atomic mass is 35.5. The molecule has 0 radical (unpaired) electrons. The Morgan fingerprint density at radius 2 is 2.09 bits per heavy atom. The van der Waals surface area contributed by atoms with Gasteiger partial charge < -0.3 is 15.0 Å². The number of halogens is 1. The summed E-state index contributed by atoms with van der Waals surface area (Å²) in [6.45, 7) is 2.47. The van der Waals surface area contributed by atoms with Crippen LogP contribution in [0.15, 0.2) is 41.8 Å². The fourth-order valence-electron chi connectivity index (χ4n) is 2.08. The van der Waals surface area contributed by atoms with E-state index in [1.165, 1.54) is 4.88 Å². The first-order valence-electron chi connectivity index (χ1n) is 7.62. The molecule has 1 aromatic heterocycles. The normalized spacial score (nSPS) is 11.9. The van der Waals surface area contributed by atoms with Crippen LogP contribution in [0, 0.1) is 0 Å². The first-order chi connectivity index (χ1) is 11.1. The molecule has 2 rings (SSSR count). The molecule has 1 atom stereocenters. The van der Waals surface area contributed by atoms with Crippen molar-refractivity contribution >= 4 is 28.8 Å². The Morgan fingerprint density at radius 1 is 1.30 bits per heavy atom. The van der Waals surface area contributed by atoms with Crippen molar-refractivity contribution in [3.63, 3.8) is 0 Å². The van der Waals surface area contributed by atoms with Crippen molar-refractivity contribution in [2.24, 2.45) is 0 Å². The third-order valence-electron chi connectivity index (χ3n) is 3.35. The molecule has 124 valence electrons. The van der Waals surface area contributed by atoms with Crippen molar-refractivity contribution < 1.29 is 14.4 Å². The van der Waals surface area contributed by atoms with Crippen LogP contribution >= 0.6 is 22.9 Å². The maximum atomic E-state index is 11.9. The predicted octanol–water partition coefficient (Wildman–Crippen LogP) is 1.65. The molecule has 0 fully saturated rings. The number of carbonyl (C=O) groups excluding carboxylic acids is 1. The lowest BCUT2D eigenvalue weighted by Gasteiger charge is -2.14. The molecule has 0 aliphatic heterocycles. The van der Waals surface area contributed by atoms with Crippen molar-refractivity contribution in [2.45, 2.75) is 6.42 Å². The number of ether oxygens (including phenoxy) is 1. The van der Waals surface area contributed by atoms with Crippen molar-refractivity contribution in [3.8, 4) is 5.75 Å². The second-order valence-corrected chi connectivity index (χ2v) is 6.83. The van der Waals surface area contributed by atoms with Gasteiger partial charge in [0, 0.05) is 16.4 Å². The number of likely N-dealkylation sites (N-methyl/N-ethyl adjacent to an activating group) is 1. The minimum atomic E-state index is 0.0746. The van der Waals surface area contributed by atoms with Gasteiger partial charge in [-0.25, -0.2) is 0 Å². The molecule has 2 aromatic rings. The minimum absolute atomic E-state index is 0.0746. The monoisotopic (exact) mass is 353 g/mol. The molecule has 23 heavy (non-hydrogen) atoms. The molecule has 0 aliphatic carbocycles. The zero-order chi connectivity index (χ0) is 16.5. The largest absolute Gasteiger partial charge is 0.488 e. The molecule has 1 amide bonds. The van der Waals surface area contributed by atoms with Crippen molar-refractivity contribution in [2.75, 3.05) is 33.3 Å². The number of nitrogens with one attached hydrogen (secondary N) is 2. The zero-order valence-electron chi connectivity index (χ0n) is 13.2. The molecular formula is C17H22ClN2O2S+. The van der Waals surface area contributed by atoms with Crippen LogP contribution in [-0.2, 0) is 11.2 Å². The topological polar surface area (TPSA) is 42.8 Å². The summed E-state index contributed by atoms with van der Waals surface area (Å²) in [5.74, 6) is 0.869. The fourth-order valence-corrected chi connectivity index (χ4v) is 2.91. The summed E-state index contributed by atoms with van der Waals surface area (Å²) >= 11 is 7.54. The first-order valence-corrected chi connectivity index (χ1v) is 8.88. The number of hydrogen-bond donors (Lipinski definition) is 2. The van der Waals surface area contributed by atoms with Crippen LogP contribution in [0.4, 0.5) is 0 Å². The number of quaternary nitrogens is 1. The number of carbonyl (C=O) groups is 1. The Bertz CT molecular complexity index is 587. The molecule has 1 heterocycles. The van der Waals surface area contributed by atoms with Gasteiger partial charge in [-0.3, -0.25) is 4.79 Å². The summed E-state index contributed by atoms with van der Waals surface area (Å²) in [6, 6.07) is 11.4. The Labute approximate surface area is 146 Å². The van der Waals surface area contributed by atoms with Crippen LogP contribution in [0.5, 0.6) is 5.75 Å². The lowest BCUT2D eigenvalue weighted by molar-refractivity contribution is -0.871. The Balaban J connectivity index is 1.57. The van der Waals surface area contributed by atoms with Crippen molar-refractivity contribution in [1.82, 2.24) is 5.32 Å². The van der Waals surface area contributed by atoms with Crippen LogP contribution < -0.4 is 15.0 Å². The van der Waals surface area contributed by atoms with Gasteiger partial charge in [0.25, 0.3) is 5.91 Å². The van der Waals surface area contributed by atoms with Gasteiger partial charge in [-0.1, -0.05) is 17.7 Å². The summed E-state index contributed by atoms with van der Waals surface area (Å²) in [6.07, 6.45) is 0.891. The molecule has 0 bridgehead atoms. The van der Waals surface area contributed by atoms with Gasteiger partial charge in [0.2, 0.25) is 0 Å². The van der Waals surface area contributed by atoms with E-state index in [1.807, 2.05) is 25.2 Å². The Hall–Kier alpha value is -1.56. The lowest BCUT2D eigenvalue weighted by atomic mass is 10.3. The molecule has 4 nitrogen and oxygen atoms in total. The number of rotatable bonds is 9. The van der Waals surface area contributed by atoms with Crippen LogP contribution in [-0.4, -0.2) is 39.2 Å². The highest BCUT2D eigenvalue weighted by Gasteiger charge is 2.09. The van der Waals surface area contributed by atoms with Crippen LogP contribution in [0.2, 0.25) is 5.02 Å². The van der Waals surface area contributed by atoms with Gasteiger partial charge >= 0.3 is 0 Å². The van der Waals surface area contributed by atoms with E-state index >= 15 is 0 Å². The summed E-state index contributed by atoms with van der Waals surface area (Å²) in [5.41, 5.74) is 0. The van der Waals surface area contributed by atoms with E-state index in [9.17, 15) is 4.79 Å². The average molecular weight is 354 g/mol. The smallest absolute Gasteiger partial charge is 0.275 e. The van der Waals surface area contributed by atoms with Crippen LogP contribution in [0.1, 0.15) is 4.88 Å². The average Bonchev–Trinajstić information content (AvgIpc) is 3.02. The maximum absolute atomic E-state index is 11.9. The molecule has 0 aliphatic rings. The van der Waals surface area contributed by atoms with E-state index in [4.69, 9.17) is 16.3 Å². The molecular weight excluding hydrogens is 332 g/mol. The van der Waals surface area contributed by atoms with Gasteiger partial charge in [0.05, 0.1) is 7.05 Å². The lowest BCUT2D eigenvalue weighted by Crippen LogP contribution is -3.10. The minimum Gasteiger partial charge on any atom is -0.488 e. The van der Waals surface area contributed by atoms with E-state index < -0.39 is 0 Å². The van der Waals surface area contributed by atoms with Crippen LogP contribution in [0.3, 0.4) is 0 Å². The zero-order valence-corrected chi connectivity index (χ0v) is 14.8. The predicted molar refractivity (Wildman–Crippen MR) is 94.6 cm³/mol. The standard InChI is InChI=1S/C17H21ClN2O2S/c1-20(10-11-22-15-6-4-14(18)5-7-15)13-17(21)19-9-8-16-3-2-12-23-16/h2-7,12H,8-11,13H2,1H3,(H,19,21)/p+1. The van der Waals surface area contributed by atoms with Crippen LogP contribution in [0.25, 0.3) is 0 Å². The number of amides is 1. The van der Waals surface area contributed by atoms with E-state index in [0.29, 0.717) is 24.7 Å². The fraction of sp³-hybridized carbons (Fsp3) is 0.353. The molecule has 1 unspecified atom stereocenters. The van der Waals surface area contributed by atoms with Gasteiger partial charge in [-0.2, -0.15) is 0 Å². The SMILES string of the molecule is C[NH+](CCOc1ccc(Cl)cc1)CC(=O)NCCc1cccs1. The molecule has 2 N–H and O–H groups in total. The number of benzene rings is 1. The van der Waals surface area contributed by atoms with E-state index in [-0.39, 0.29) is 5.91 Å². The highest BCUT2D eigenvalue weighted by molar-refractivity contribution is 7.09. The number of hydrogen-bond acceptors (Lipinski definition) is 3. The van der Waals surface area contributed by atoms with Gasteiger partial charge in [0.15, 0.2) is 6.54 Å². The third-order valence-corrected chi connectivity index (χ3v) is 4.54. The Kier molecular flexibility index (Phi) is 7.39. The third kappa shape index (κ3) is 7.03. The van der Waals surface area contributed by atoms with Gasteiger partial charge in [-0.15, -0.1) is 11.3 Å². The molecule has 0 spiro atoms. The van der Waals surface area contributed by atoms with E-state index in [2.05, 4.69) is 16.8 Å². The molecule has 6 heteroatoms. The summed E-state index contributed by atoms with van der Waals surface area (Å²) in [7, 11) is 1.99. The van der Waals surface area contributed by atoms with E-state index in [0.717, 1.165) is 23.6 Å². The van der Waals surface area contributed by atoms with E-state index in [1.54, 1.807) is 23.5 Å². The molecule has 0 saturated heterocycles. The first kappa shape index (κ1) is 17.8. The molecule has 1 aromatic carbocycles. The van der Waals surface area contributed by atoms with Gasteiger partial charge in [0.1, 0.15) is 18.9 Å². The summed E-state index contributed by atoms with van der Waals surface area (Å²) < 4.78 is 5.63.